The molecule has 2 rings (SSSR count). The summed E-state index contributed by atoms with van der Waals surface area (Å²) in [7, 11) is -6.82. The van der Waals surface area contributed by atoms with Crippen LogP contribution in [0.15, 0.2) is 41.6 Å². The first-order valence-electron chi connectivity index (χ1n) is 9.39. The SMILES string of the molecule is CC(C)[Si](NS(=O)(=O)c1cc[nH]c1)(C(C)C)C(C)(CBr)c1ccc(C#N)cc1F. The molecule has 0 aliphatic heterocycles. The first-order valence-corrected chi connectivity index (χ1v) is 14.1. The average Bonchev–Trinajstić information content (AvgIpc) is 3.20. The summed E-state index contributed by atoms with van der Waals surface area (Å²) in [5, 5.41) is 8.66. The highest BCUT2D eigenvalue weighted by Crippen LogP contribution is 2.48. The van der Waals surface area contributed by atoms with Crippen molar-refractivity contribution in [3.63, 3.8) is 0 Å². The summed E-state index contributed by atoms with van der Waals surface area (Å²) in [6.45, 7) is 9.89. The highest BCUT2D eigenvalue weighted by atomic mass is 79.9. The minimum atomic E-state index is -3.81. The maximum absolute atomic E-state index is 15.2. The van der Waals surface area contributed by atoms with E-state index in [1.54, 1.807) is 18.3 Å². The van der Waals surface area contributed by atoms with E-state index in [1.165, 1.54) is 18.3 Å². The van der Waals surface area contributed by atoms with E-state index in [2.05, 4.69) is 25.3 Å². The van der Waals surface area contributed by atoms with Gasteiger partial charge in [0.25, 0.3) is 0 Å². The Kier molecular flexibility index (Phi) is 7.16. The third-order valence-electron chi connectivity index (χ3n) is 5.88. The average molecular weight is 501 g/mol. The lowest BCUT2D eigenvalue weighted by Crippen LogP contribution is -2.70. The molecule has 1 heterocycles. The predicted octanol–water partition coefficient (Wildman–Crippen LogP) is 4.96. The Balaban J connectivity index is 2.77. The molecule has 29 heavy (non-hydrogen) atoms. The summed E-state index contributed by atoms with van der Waals surface area (Å²) < 4.78 is 44.7. The zero-order valence-corrected chi connectivity index (χ0v) is 20.7. The van der Waals surface area contributed by atoms with Gasteiger partial charge in [-0.05, 0) is 34.8 Å². The van der Waals surface area contributed by atoms with Crippen LogP contribution in [0.1, 0.15) is 45.7 Å². The maximum Gasteiger partial charge on any atom is 0.236 e. The fourth-order valence-electron chi connectivity index (χ4n) is 4.48. The van der Waals surface area contributed by atoms with E-state index in [9.17, 15) is 8.42 Å². The molecule has 0 spiro atoms. The van der Waals surface area contributed by atoms with Gasteiger partial charge in [-0.3, -0.25) is 0 Å². The molecule has 2 aromatic rings. The molecule has 0 amide bonds. The van der Waals surface area contributed by atoms with Crippen molar-refractivity contribution in [1.29, 1.82) is 5.26 Å². The Morgan fingerprint density at radius 2 is 1.90 bits per heavy atom. The topological polar surface area (TPSA) is 85.8 Å². The van der Waals surface area contributed by atoms with Crippen molar-refractivity contribution in [2.75, 3.05) is 5.33 Å². The number of hydrogen-bond donors (Lipinski definition) is 2. The van der Waals surface area contributed by atoms with Crippen LogP contribution in [-0.4, -0.2) is 27.0 Å². The molecule has 0 saturated carbocycles. The van der Waals surface area contributed by atoms with Crippen LogP contribution in [0.3, 0.4) is 0 Å². The van der Waals surface area contributed by atoms with Gasteiger partial charge in [-0.2, -0.15) is 5.26 Å². The van der Waals surface area contributed by atoms with Gasteiger partial charge in [0.2, 0.25) is 10.0 Å². The van der Waals surface area contributed by atoms with E-state index in [-0.39, 0.29) is 21.5 Å². The van der Waals surface area contributed by atoms with Crippen molar-refractivity contribution >= 4 is 34.2 Å². The number of H-pyrrole nitrogens is 1. The van der Waals surface area contributed by atoms with Gasteiger partial charge in [0.05, 0.1) is 16.5 Å². The zero-order chi connectivity index (χ0) is 22.0. The van der Waals surface area contributed by atoms with Gasteiger partial charge in [-0.1, -0.05) is 56.6 Å². The van der Waals surface area contributed by atoms with Crippen molar-refractivity contribution in [2.24, 2.45) is 0 Å². The molecular weight excluding hydrogens is 473 g/mol. The predicted molar refractivity (Wildman–Crippen MR) is 119 cm³/mol. The van der Waals surface area contributed by atoms with Gasteiger partial charge in [0.1, 0.15) is 5.82 Å². The van der Waals surface area contributed by atoms with Crippen molar-refractivity contribution in [2.45, 2.75) is 55.6 Å². The van der Waals surface area contributed by atoms with Crippen molar-refractivity contribution in [3.8, 4) is 6.07 Å². The molecule has 1 atom stereocenters. The molecule has 0 radical (unpaired) electrons. The second-order valence-electron chi connectivity index (χ2n) is 8.10. The number of aromatic amines is 1. The highest BCUT2D eigenvalue weighted by molar-refractivity contribution is 9.09. The molecule has 158 valence electrons. The van der Waals surface area contributed by atoms with Crippen LogP contribution in [0.25, 0.3) is 0 Å². The van der Waals surface area contributed by atoms with Crippen molar-refractivity contribution in [3.05, 3.63) is 53.6 Å². The molecule has 0 aliphatic carbocycles. The molecule has 0 fully saturated rings. The number of nitrogens with one attached hydrogen (secondary N) is 2. The summed E-state index contributed by atoms with van der Waals surface area (Å²) in [5.41, 5.74) is 0.583. The minimum Gasteiger partial charge on any atom is -0.366 e. The number of alkyl halides is 1. The van der Waals surface area contributed by atoms with Crippen LogP contribution in [0, 0.1) is 17.1 Å². The standard InChI is InChI=1S/C20H27BrFN3O2SSi/c1-14(2)29(15(3)4,25-28(26,27)17-8-9-24-12-17)20(5,13-21)18-7-6-16(11-23)10-19(18)22/h6-10,12,14-15,24-25H,13H2,1-5H3. The second-order valence-corrected chi connectivity index (χ2v) is 16.1. The Morgan fingerprint density at radius 3 is 2.31 bits per heavy atom. The maximum atomic E-state index is 15.2. The summed E-state index contributed by atoms with van der Waals surface area (Å²) in [5.74, 6) is -0.495. The van der Waals surface area contributed by atoms with Crippen LogP contribution in [0.4, 0.5) is 4.39 Å². The Hall–Kier alpha value is -1.47. The summed E-state index contributed by atoms with van der Waals surface area (Å²) in [4.78, 5) is 2.94. The monoisotopic (exact) mass is 499 g/mol. The third-order valence-corrected chi connectivity index (χ3v) is 16.7. The molecule has 0 saturated heterocycles. The van der Waals surface area contributed by atoms with E-state index < -0.39 is 29.1 Å². The van der Waals surface area contributed by atoms with E-state index in [0.717, 1.165) is 0 Å². The molecule has 9 heteroatoms. The Labute approximate surface area is 182 Å². The molecular formula is C20H27BrFN3O2SSi. The molecule has 1 aromatic heterocycles. The van der Waals surface area contributed by atoms with E-state index in [0.29, 0.717) is 10.9 Å². The number of hydrogen-bond acceptors (Lipinski definition) is 3. The van der Waals surface area contributed by atoms with Gasteiger partial charge in [0, 0.05) is 22.8 Å². The largest absolute Gasteiger partial charge is 0.366 e. The van der Waals surface area contributed by atoms with Crippen LogP contribution < -0.4 is 4.39 Å². The van der Waals surface area contributed by atoms with Crippen LogP contribution in [0.2, 0.25) is 11.1 Å². The number of sulfonamides is 1. The Morgan fingerprint density at radius 1 is 1.28 bits per heavy atom. The minimum absolute atomic E-state index is 0.0335. The normalized spacial score (nSPS) is 14.8. The van der Waals surface area contributed by atoms with Crippen LogP contribution in [0.5, 0.6) is 0 Å². The van der Waals surface area contributed by atoms with Gasteiger partial charge in [-0.15, -0.1) is 0 Å². The highest BCUT2D eigenvalue weighted by Gasteiger charge is 2.58. The van der Waals surface area contributed by atoms with Gasteiger partial charge < -0.3 is 4.98 Å². The lowest BCUT2D eigenvalue weighted by Gasteiger charge is -2.52. The molecule has 5 nitrogen and oxygen atoms in total. The third kappa shape index (κ3) is 4.08. The lowest BCUT2D eigenvalue weighted by molar-refractivity contribution is 0.554. The number of nitrogens with zero attached hydrogens (tertiary/aromatic N) is 1. The van der Waals surface area contributed by atoms with Crippen LogP contribution in [-0.2, 0) is 15.1 Å². The molecule has 0 bridgehead atoms. The van der Waals surface area contributed by atoms with E-state index >= 15 is 4.39 Å². The van der Waals surface area contributed by atoms with Crippen molar-refractivity contribution < 1.29 is 12.8 Å². The molecule has 2 N–H and O–H groups in total. The van der Waals surface area contributed by atoms with E-state index in [4.69, 9.17) is 5.26 Å². The first kappa shape index (κ1) is 23.8. The summed E-state index contributed by atoms with van der Waals surface area (Å²) >= 11 is 3.57. The fraction of sp³-hybridized carbons (Fsp3) is 0.450. The number of benzene rings is 1. The number of rotatable bonds is 8. The van der Waals surface area contributed by atoms with E-state index in [1.807, 2.05) is 40.7 Å². The van der Waals surface area contributed by atoms with Gasteiger partial charge >= 0.3 is 0 Å². The molecule has 0 aliphatic rings. The lowest BCUT2D eigenvalue weighted by atomic mass is 10.00. The first-order chi connectivity index (χ1) is 13.5. The van der Waals surface area contributed by atoms with Crippen molar-refractivity contribution in [1.82, 2.24) is 9.37 Å². The Bertz CT molecular complexity index is 995. The van der Waals surface area contributed by atoms with Gasteiger partial charge in [-0.25, -0.2) is 17.2 Å². The quantitative estimate of drug-likeness (QED) is 0.397. The molecule has 1 aromatic carbocycles. The summed E-state index contributed by atoms with van der Waals surface area (Å²) in [6, 6.07) is 7.88. The second kappa shape index (κ2) is 8.72. The van der Waals surface area contributed by atoms with Crippen LogP contribution >= 0.6 is 15.9 Å². The number of aromatic nitrogens is 1. The number of nitriles is 1. The molecule has 1 unspecified atom stereocenters. The smallest absolute Gasteiger partial charge is 0.236 e. The fourth-order valence-corrected chi connectivity index (χ4v) is 16.4. The number of halogens is 2. The zero-order valence-electron chi connectivity index (χ0n) is 17.3. The van der Waals surface area contributed by atoms with Gasteiger partial charge in [0.15, 0.2) is 8.24 Å². The summed E-state index contributed by atoms with van der Waals surface area (Å²) in [6.07, 6.45) is 3.00.